The largest absolute Gasteiger partial charge is 0.487 e. The van der Waals surface area contributed by atoms with E-state index in [1.807, 2.05) is 6.92 Å². The fourth-order valence-corrected chi connectivity index (χ4v) is 6.58. The zero-order valence-corrected chi connectivity index (χ0v) is 22.0. The first-order valence-corrected chi connectivity index (χ1v) is 13.8. The lowest BCUT2D eigenvalue weighted by Gasteiger charge is -2.38. The number of amides is 1. The quantitative estimate of drug-likeness (QED) is 0.596. The van der Waals surface area contributed by atoms with Gasteiger partial charge in [-0.1, -0.05) is 38.0 Å². The third-order valence-corrected chi connectivity index (χ3v) is 8.92. The third kappa shape index (κ3) is 6.56. The zero-order valence-electron chi connectivity index (χ0n) is 21.2. The van der Waals surface area contributed by atoms with Crippen LogP contribution in [0.25, 0.3) is 0 Å². The van der Waals surface area contributed by atoms with Crippen molar-refractivity contribution >= 4 is 15.9 Å². The number of methoxy groups -OCH3 is 1. The van der Waals surface area contributed by atoms with Crippen LogP contribution in [-0.2, 0) is 19.6 Å². The van der Waals surface area contributed by atoms with E-state index < -0.39 is 22.2 Å². The molecule has 2 aliphatic rings. The molecule has 1 aromatic rings. The maximum absolute atomic E-state index is 13.6. The van der Waals surface area contributed by atoms with Crippen LogP contribution in [0.15, 0.2) is 23.1 Å². The van der Waals surface area contributed by atoms with Crippen LogP contribution in [0, 0.1) is 23.7 Å². The summed E-state index contributed by atoms with van der Waals surface area (Å²) in [5.74, 6) is 5.98. The molecule has 0 saturated heterocycles. The van der Waals surface area contributed by atoms with Crippen LogP contribution >= 0.6 is 0 Å². The van der Waals surface area contributed by atoms with Gasteiger partial charge in [0, 0.05) is 44.1 Å². The lowest BCUT2D eigenvalue weighted by atomic mass is 9.88. The van der Waals surface area contributed by atoms with Gasteiger partial charge in [0.05, 0.1) is 13.2 Å². The monoisotopic (exact) mass is 506 g/mol. The van der Waals surface area contributed by atoms with E-state index in [9.17, 15) is 18.3 Å². The SMILES string of the molecule is COCC#Cc1ccc2c(c1)O[C@H](CN(C)C(=O)C1CCCCC1)[C@@H](C)CN([C@H](C)CO)S2(=O)=O. The summed E-state index contributed by atoms with van der Waals surface area (Å²) in [6.07, 6.45) is 4.72. The molecule has 1 amide bonds. The average molecular weight is 507 g/mol. The highest BCUT2D eigenvalue weighted by Gasteiger charge is 2.38. The normalized spacial score (nSPS) is 23.6. The first-order valence-electron chi connectivity index (χ1n) is 12.3. The number of carbonyl (C=O) groups excluding carboxylic acids is 1. The summed E-state index contributed by atoms with van der Waals surface area (Å²) in [5.41, 5.74) is 0.608. The molecule has 1 heterocycles. The molecule has 1 saturated carbocycles. The highest BCUT2D eigenvalue weighted by molar-refractivity contribution is 7.89. The molecule has 35 heavy (non-hydrogen) atoms. The van der Waals surface area contributed by atoms with Crippen molar-refractivity contribution < 1.29 is 27.8 Å². The number of likely N-dealkylation sites (N-methyl/N-ethyl adjacent to an activating group) is 1. The minimum atomic E-state index is -3.92. The molecule has 1 aliphatic heterocycles. The second-order valence-electron chi connectivity index (χ2n) is 9.69. The maximum atomic E-state index is 13.6. The summed E-state index contributed by atoms with van der Waals surface area (Å²) in [5, 5.41) is 9.79. The predicted octanol–water partition coefficient (Wildman–Crippen LogP) is 2.49. The van der Waals surface area contributed by atoms with E-state index in [4.69, 9.17) is 9.47 Å². The molecule has 0 spiro atoms. The molecule has 0 radical (unpaired) electrons. The Morgan fingerprint density at radius 1 is 1.31 bits per heavy atom. The Labute approximate surface area is 209 Å². The molecule has 0 aromatic heterocycles. The Hall–Kier alpha value is -2.12. The minimum Gasteiger partial charge on any atom is -0.487 e. The molecule has 0 bridgehead atoms. The van der Waals surface area contributed by atoms with E-state index in [-0.39, 0.29) is 48.1 Å². The maximum Gasteiger partial charge on any atom is 0.247 e. The average Bonchev–Trinajstić information content (AvgIpc) is 2.85. The number of fused-ring (bicyclic) bond motifs is 1. The fraction of sp³-hybridized carbons (Fsp3) is 0.654. The summed E-state index contributed by atoms with van der Waals surface area (Å²) in [6, 6.07) is 4.17. The molecule has 1 N–H and O–H groups in total. The number of sulfonamides is 1. The van der Waals surface area contributed by atoms with Gasteiger partial charge in [-0.2, -0.15) is 4.31 Å². The van der Waals surface area contributed by atoms with Gasteiger partial charge in [-0.05, 0) is 38.0 Å². The van der Waals surface area contributed by atoms with Crippen molar-refractivity contribution in [2.24, 2.45) is 11.8 Å². The smallest absolute Gasteiger partial charge is 0.247 e. The molecule has 1 fully saturated rings. The topological polar surface area (TPSA) is 96.4 Å². The third-order valence-electron chi connectivity index (χ3n) is 6.90. The van der Waals surface area contributed by atoms with Crippen LogP contribution in [0.3, 0.4) is 0 Å². The van der Waals surface area contributed by atoms with Gasteiger partial charge in [0.1, 0.15) is 23.4 Å². The van der Waals surface area contributed by atoms with E-state index in [0.717, 1.165) is 25.7 Å². The molecule has 9 heteroatoms. The Morgan fingerprint density at radius 2 is 2.03 bits per heavy atom. The molecular formula is C26H38N2O6S. The summed E-state index contributed by atoms with van der Waals surface area (Å²) in [6.45, 7) is 4.08. The van der Waals surface area contributed by atoms with Gasteiger partial charge in [-0.3, -0.25) is 4.79 Å². The van der Waals surface area contributed by atoms with Crippen LogP contribution in [0.2, 0.25) is 0 Å². The fourth-order valence-electron chi connectivity index (χ4n) is 4.75. The lowest BCUT2D eigenvalue weighted by Crippen LogP contribution is -2.50. The number of hydrogen-bond acceptors (Lipinski definition) is 6. The van der Waals surface area contributed by atoms with Gasteiger partial charge in [-0.15, -0.1) is 0 Å². The number of benzene rings is 1. The summed E-state index contributed by atoms with van der Waals surface area (Å²) in [4.78, 5) is 14.9. The van der Waals surface area contributed by atoms with E-state index in [0.29, 0.717) is 12.1 Å². The van der Waals surface area contributed by atoms with Crippen LogP contribution in [0.1, 0.15) is 51.5 Å². The molecule has 1 aromatic carbocycles. The molecule has 194 valence electrons. The molecule has 3 atom stereocenters. The number of rotatable bonds is 6. The zero-order chi connectivity index (χ0) is 25.6. The van der Waals surface area contributed by atoms with Crippen LogP contribution in [0.5, 0.6) is 5.75 Å². The van der Waals surface area contributed by atoms with Gasteiger partial charge in [0.25, 0.3) is 0 Å². The second kappa shape index (κ2) is 12.2. The Kier molecular flexibility index (Phi) is 9.59. The van der Waals surface area contributed by atoms with Crippen molar-refractivity contribution in [3.05, 3.63) is 23.8 Å². The van der Waals surface area contributed by atoms with Gasteiger partial charge >= 0.3 is 0 Å². The Morgan fingerprint density at radius 3 is 2.69 bits per heavy atom. The van der Waals surface area contributed by atoms with Crippen LogP contribution in [0.4, 0.5) is 0 Å². The summed E-state index contributed by atoms with van der Waals surface area (Å²) >= 11 is 0. The van der Waals surface area contributed by atoms with E-state index in [1.165, 1.54) is 16.8 Å². The van der Waals surface area contributed by atoms with Crippen LogP contribution in [-0.4, -0.2) is 81.2 Å². The number of aliphatic hydroxyl groups is 1. The molecule has 1 aliphatic carbocycles. The predicted molar refractivity (Wildman–Crippen MR) is 133 cm³/mol. The standard InChI is InChI=1S/C26H38N2O6S/c1-19-16-28(20(2)18-29)35(31,32)25-13-12-21(9-8-14-33-4)15-23(25)34-24(19)17-27(3)26(30)22-10-6-5-7-11-22/h12-13,15,19-20,22,24,29H,5-7,10-11,14,16-18H2,1-4H3/t19-,20+,24+/m0/s1. The highest BCUT2D eigenvalue weighted by Crippen LogP contribution is 2.34. The number of aliphatic hydroxyl groups excluding tert-OH is 1. The van der Waals surface area contributed by atoms with Gasteiger partial charge < -0.3 is 19.5 Å². The number of hydrogen-bond donors (Lipinski definition) is 1. The molecule has 0 unspecified atom stereocenters. The van der Waals surface area contributed by atoms with Crippen molar-refractivity contribution in [3.63, 3.8) is 0 Å². The molecule has 3 rings (SSSR count). The molecular weight excluding hydrogens is 468 g/mol. The van der Waals surface area contributed by atoms with Crippen molar-refractivity contribution in [1.82, 2.24) is 9.21 Å². The Balaban J connectivity index is 1.96. The number of nitrogens with zero attached hydrogens (tertiary/aromatic N) is 2. The van der Waals surface area contributed by atoms with E-state index >= 15 is 0 Å². The van der Waals surface area contributed by atoms with Crippen molar-refractivity contribution in [2.45, 2.75) is 63.0 Å². The number of ether oxygens (including phenoxy) is 2. The lowest BCUT2D eigenvalue weighted by molar-refractivity contribution is -0.136. The molecule has 8 nitrogen and oxygen atoms in total. The van der Waals surface area contributed by atoms with Crippen molar-refractivity contribution in [1.29, 1.82) is 0 Å². The Bertz CT molecular complexity index is 1040. The first kappa shape index (κ1) is 27.5. The highest BCUT2D eigenvalue weighted by atomic mass is 32.2. The van der Waals surface area contributed by atoms with Gasteiger partial charge in [0.15, 0.2) is 0 Å². The van der Waals surface area contributed by atoms with E-state index in [2.05, 4.69) is 11.8 Å². The second-order valence-corrected chi connectivity index (χ2v) is 11.5. The first-order chi connectivity index (χ1) is 16.7. The summed E-state index contributed by atoms with van der Waals surface area (Å²) < 4.78 is 39.8. The van der Waals surface area contributed by atoms with Crippen molar-refractivity contribution in [3.8, 4) is 17.6 Å². The summed E-state index contributed by atoms with van der Waals surface area (Å²) in [7, 11) is -0.569. The van der Waals surface area contributed by atoms with Gasteiger partial charge in [0.2, 0.25) is 15.9 Å². The van der Waals surface area contributed by atoms with Crippen molar-refractivity contribution in [2.75, 3.05) is 40.5 Å². The van der Waals surface area contributed by atoms with E-state index in [1.54, 1.807) is 38.1 Å². The van der Waals surface area contributed by atoms with Gasteiger partial charge in [-0.25, -0.2) is 8.42 Å². The van der Waals surface area contributed by atoms with Crippen LogP contribution < -0.4 is 4.74 Å². The number of carbonyl (C=O) groups is 1. The minimum absolute atomic E-state index is 0.0354.